The van der Waals surface area contributed by atoms with E-state index in [9.17, 15) is 4.79 Å². The summed E-state index contributed by atoms with van der Waals surface area (Å²) < 4.78 is 0. The van der Waals surface area contributed by atoms with Gasteiger partial charge in [0.1, 0.15) is 11.5 Å². The van der Waals surface area contributed by atoms with Crippen LogP contribution in [-0.2, 0) is 5.75 Å². The molecule has 88 valence electrons. The van der Waals surface area contributed by atoms with Gasteiger partial charge in [-0.2, -0.15) is 0 Å². The highest BCUT2D eigenvalue weighted by atomic mass is 35.5. The van der Waals surface area contributed by atoms with Crippen LogP contribution in [0.2, 0.25) is 5.02 Å². The lowest BCUT2D eigenvalue weighted by molar-refractivity contribution is 1.01. The van der Waals surface area contributed by atoms with Gasteiger partial charge in [0.2, 0.25) is 0 Å². The number of nitrogens with two attached hydrogens (primary N) is 1. The van der Waals surface area contributed by atoms with Crippen molar-refractivity contribution in [2.75, 3.05) is 5.73 Å². The number of nitrogens with one attached hydrogen (secondary N) is 1. The Morgan fingerprint density at radius 1 is 1.35 bits per heavy atom. The van der Waals surface area contributed by atoms with Gasteiger partial charge >= 0.3 is 0 Å². The van der Waals surface area contributed by atoms with Crippen molar-refractivity contribution in [2.24, 2.45) is 0 Å². The molecule has 1 heterocycles. The molecule has 0 aliphatic rings. The van der Waals surface area contributed by atoms with E-state index in [2.05, 4.69) is 9.97 Å². The highest BCUT2D eigenvalue weighted by Crippen LogP contribution is 2.22. The van der Waals surface area contributed by atoms with Crippen LogP contribution in [-0.4, -0.2) is 9.97 Å². The largest absolute Gasteiger partial charge is 0.393 e. The molecule has 2 aromatic rings. The number of hydrogen-bond donors (Lipinski definition) is 2. The number of anilines is 1. The molecule has 1 aromatic heterocycles. The zero-order chi connectivity index (χ0) is 12.3. The third-order valence-corrected chi connectivity index (χ3v) is 3.34. The number of H-pyrrole nitrogens is 1. The summed E-state index contributed by atoms with van der Waals surface area (Å²) in [6, 6.07) is 7.48. The summed E-state index contributed by atoms with van der Waals surface area (Å²) in [7, 11) is 0. The number of aromatic nitrogens is 2. The normalized spacial score (nSPS) is 10.4. The van der Waals surface area contributed by atoms with Crippen LogP contribution in [0.3, 0.4) is 0 Å². The first kappa shape index (κ1) is 12.0. The topological polar surface area (TPSA) is 71.8 Å². The van der Waals surface area contributed by atoms with Crippen molar-refractivity contribution >= 4 is 29.1 Å². The monoisotopic (exact) mass is 267 g/mol. The average molecular weight is 268 g/mol. The Kier molecular flexibility index (Phi) is 3.71. The number of nitrogens with zero attached hydrogens (tertiary/aromatic N) is 1. The summed E-state index contributed by atoms with van der Waals surface area (Å²) in [6.07, 6.45) is 1.37. The lowest BCUT2D eigenvalue weighted by Gasteiger charge is -2.01. The SMILES string of the molecule is Nc1cnc(CSc2ccc(Cl)cc2)[nH]c1=O. The quantitative estimate of drug-likeness (QED) is 0.837. The van der Waals surface area contributed by atoms with Gasteiger partial charge in [0.25, 0.3) is 5.56 Å². The Balaban J connectivity index is 2.04. The molecule has 17 heavy (non-hydrogen) atoms. The standard InChI is InChI=1S/C11H10ClN3OS/c12-7-1-3-8(4-2-7)17-6-10-14-5-9(13)11(16)15-10/h1-5H,6,13H2,(H,14,15,16). The van der Waals surface area contributed by atoms with Gasteiger partial charge in [0.05, 0.1) is 11.9 Å². The molecule has 2 rings (SSSR count). The van der Waals surface area contributed by atoms with Crippen LogP contribution in [0.4, 0.5) is 5.69 Å². The van der Waals surface area contributed by atoms with Gasteiger partial charge in [-0.1, -0.05) is 11.6 Å². The van der Waals surface area contributed by atoms with Gasteiger partial charge in [-0.3, -0.25) is 4.79 Å². The van der Waals surface area contributed by atoms with Gasteiger partial charge in [-0.15, -0.1) is 11.8 Å². The molecule has 0 unspecified atom stereocenters. The van der Waals surface area contributed by atoms with E-state index in [1.807, 2.05) is 24.3 Å². The highest BCUT2D eigenvalue weighted by Gasteiger charge is 2.00. The van der Waals surface area contributed by atoms with Gasteiger partial charge in [0, 0.05) is 9.92 Å². The summed E-state index contributed by atoms with van der Waals surface area (Å²) in [5.74, 6) is 1.18. The minimum Gasteiger partial charge on any atom is -0.393 e. The molecule has 0 saturated heterocycles. The van der Waals surface area contributed by atoms with E-state index in [1.165, 1.54) is 6.20 Å². The maximum absolute atomic E-state index is 11.2. The summed E-state index contributed by atoms with van der Waals surface area (Å²) in [4.78, 5) is 19.0. The lowest BCUT2D eigenvalue weighted by Crippen LogP contribution is -2.14. The van der Waals surface area contributed by atoms with Crippen molar-refractivity contribution in [1.29, 1.82) is 0 Å². The van der Waals surface area contributed by atoms with E-state index < -0.39 is 0 Å². The fourth-order valence-corrected chi connectivity index (χ4v) is 2.10. The molecule has 0 aliphatic heterocycles. The molecule has 0 atom stereocenters. The first-order chi connectivity index (χ1) is 8.15. The van der Waals surface area contributed by atoms with Crippen molar-refractivity contribution in [1.82, 2.24) is 9.97 Å². The third-order valence-electron chi connectivity index (χ3n) is 2.07. The third kappa shape index (κ3) is 3.25. The first-order valence-electron chi connectivity index (χ1n) is 4.87. The smallest absolute Gasteiger partial charge is 0.274 e. The predicted octanol–water partition coefficient (Wildman–Crippen LogP) is 2.30. The molecule has 0 amide bonds. The second-order valence-corrected chi connectivity index (χ2v) is 4.84. The Bertz CT molecular complexity index is 568. The van der Waals surface area contributed by atoms with E-state index in [0.29, 0.717) is 16.6 Å². The minimum absolute atomic E-state index is 0.130. The maximum atomic E-state index is 11.2. The van der Waals surface area contributed by atoms with Crippen LogP contribution in [0.25, 0.3) is 0 Å². The van der Waals surface area contributed by atoms with Crippen molar-refractivity contribution in [3.8, 4) is 0 Å². The Labute approximate surface area is 107 Å². The molecule has 0 radical (unpaired) electrons. The van der Waals surface area contributed by atoms with Crippen LogP contribution < -0.4 is 11.3 Å². The maximum Gasteiger partial charge on any atom is 0.274 e. The van der Waals surface area contributed by atoms with Crippen molar-refractivity contribution in [2.45, 2.75) is 10.6 Å². The molecule has 3 N–H and O–H groups in total. The van der Waals surface area contributed by atoms with E-state index in [1.54, 1.807) is 11.8 Å². The molecule has 0 aliphatic carbocycles. The number of rotatable bonds is 3. The second-order valence-electron chi connectivity index (χ2n) is 3.36. The van der Waals surface area contributed by atoms with Crippen molar-refractivity contribution in [3.63, 3.8) is 0 Å². The summed E-state index contributed by atoms with van der Waals surface area (Å²) in [6.45, 7) is 0. The van der Waals surface area contributed by atoms with E-state index >= 15 is 0 Å². The van der Waals surface area contributed by atoms with E-state index in [-0.39, 0.29) is 11.2 Å². The number of hydrogen-bond acceptors (Lipinski definition) is 4. The molecule has 0 fully saturated rings. The number of aromatic amines is 1. The van der Waals surface area contributed by atoms with Crippen molar-refractivity contribution in [3.05, 3.63) is 51.7 Å². The molecule has 1 aromatic carbocycles. The molecule has 0 spiro atoms. The Morgan fingerprint density at radius 3 is 2.71 bits per heavy atom. The first-order valence-corrected chi connectivity index (χ1v) is 6.23. The van der Waals surface area contributed by atoms with Crippen molar-refractivity contribution < 1.29 is 0 Å². The fraction of sp³-hybridized carbons (Fsp3) is 0.0909. The summed E-state index contributed by atoms with van der Waals surface area (Å²) in [5.41, 5.74) is 5.22. The van der Waals surface area contributed by atoms with Gasteiger partial charge in [-0.05, 0) is 24.3 Å². The van der Waals surface area contributed by atoms with Crippen LogP contribution in [0, 0.1) is 0 Å². The molecule has 0 bridgehead atoms. The molecule has 6 heteroatoms. The number of nitrogen functional groups attached to an aromatic ring is 1. The molecular formula is C11H10ClN3OS. The molecular weight excluding hydrogens is 258 g/mol. The van der Waals surface area contributed by atoms with E-state index in [0.717, 1.165) is 4.90 Å². The predicted molar refractivity (Wildman–Crippen MR) is 70.3 cm³/mol. The average Bonchev–Trinajstić information content (AvgIpc) is 2.33. The number of thioether (sulfide) groups is 1. The summed E-state index contributed by atoms with van der Waals surface area (Å²) >= 11 is 7.35. The second kappa shape index (κ2) is 5.25. The fourth-order valence-electron chi connectivity index (χ4n) is 1.20. The highest BCUT2D eigenvalue weighted by molar-refractivity contribution is 7.98. The van der Waals surface area contributed by atoms with Crippen LogP contribution >= 0.6 is 23.4 Å². The van der Waals surface area contributed by atoms with Gasteiger partial charge in [-0.25, -0.2) is 4.98 Å². The number of halogens is 1. The Morgan fingerprint density at radius 2 is 2.06 bits per heavy atom. The minimum atomic E-state index is -0.299. The number of benzene rings is 1. The van der Waals surface area contributed by atoms with E-state index in [4.69, 9.17) is 17.3 Å². The lowest BCUT2D eigenvalue weighted by atomic mass is 10.4. The van der Waals surface area contributed by atoms with Crippen LogP contribution in [0.15, 0.2) is 40.2 Å². The Hall–Kier alpha value is -1.46. The van der Waals surface area contributed by atoms with Gasteiger partial charge < -0.3 is 10.7 Å². The molecule has 4 nitrogen and oxygen atoms in total. The van der Waals surface area contributed by atoms with Crippen LogP contribution in [0.5, 0.6) is 0 Å². The zero-order valence-corrected chi connectivity index (χ0v) is 10.4. The summed E-state index contributed by atoms with van der Waals surface area (Å²) in [5, 5.41) is 0.702. The molecule has 0 saturated carbocycles. The van der Waals surface area contributed by atoms with Crippen LogP contribution in [0.1, 0.15) is 5.82 Å². The van der Waals surface area contributed by atoms with Gasteiger partial charge in [0.15, 0.2) is 0 Å². The zero-order valence-electron chi connectivity index (χ0n) is 8.81.